The quantitative estimate of drug-likeness (QED) is 0.585. The lowest BCUT2D eigenvalue weighted by Crippen LogP contribution is -2.31. The van der Waals surface area contributed by atoms with Crippen molar-refractivity contribution in [2.45, 2.75) is 0 Å². The van der Waals surface area contributed by atoms with Crippen LogP contribution in [-0.4, -0.2) is 15.1 Å². The maximum Gasteiger partial charge on any atom is 0.196 e. The van der Waals surface area contributed by atoms with Gasteiger partial charge in [0.05, 0.1) is 11.9 Å². The molecule has 2 aromatic rings. The smallest absolute Gasteiger partial charge is 0.196 e. The van der Waals surface area contributed by atoms with E-state index in [1.165, 1.54) is 0 Å². The van der Waals surface area contributed by atoms with Crippen LogP contribution in [0.25, 0.3) is 11.3 Å². The average molecular weight is 173 g/mol. The van der Waals surface area contributed by atoms with Crippen LogP contribution < -0.4 is 4.68 Å². The van der Waals surface area contributed by atoms with E-state index in [-0.39, 0.29) is 0 Å². The van der Waals surface area contributed by atoms with E-state index in [0.717, 1.165) is 11.3 Å². The van der Waals surface area contributed by atoms with Crippen molar-refractivity contribution in [1.82, 2.24) is 15.1 Å². The first-order chi connectivity index (χ1) is 6.36. The Morgan fingerprint density at radius 1 is 1.23 bits per heavy atom. The zero-order valence-corrected chi connectivity index (χ0v) is 7.25. The fourth-order valence-electron chi connectivity index (χ4n) is 1.02. The Morgan fingerprint density at radius 2 is 2.15 bits per heavy atom. The molecule has 0 aliphatic rings. The summed E-state index contributed by atoms with van der Waals surface area (Å²) in [6, 6.07) is 1.96. The summed E-state index contributed by atoms with van der Waals surface area (Å²) in [5.74, 6) is 0. The molecule has 0 saturated heterocycles. The minimum absolute atomic E-state index is 0.843. The summed E-state index contributed by atoms with van der Waals surface area (Å²) in [6.45, 7) is 0. The van der Waals surface area contributed by atoms with Gasteiger partial charge in [-0.1, -0.05) is 4.68 Å². The molecule has 0 atom stereocenters. The minimum atomic E-state index is 0.843. The Kier molecular flexibility index (Phi) is 1.96. The van der Waals surface area contributed by atoms with Crippen molar-refractivity contribution in [2.24, 2.45) is 7.05 Å². The number of hydrogen-bond acceptors (Lipinski definition) is 3. The zero-order valence-electron chi connectivity index (χ0n) is 7.25. The van der Waals surface area contributed by atoms with Crippen molar-refractivity contribution in [1.29, 1.82) is 0 Å². The van der Waals surface area contributed by atoms with Crippen LogP contribution in [0.5, 0.6) is 0 Å². The molecular weight excluding hydrogens is 164 g/mol. The van der Waals surface area contributed by atoms with E-state index in [2.05, 4.69) is 15.1 Å². The average Bonchev–Trinajstić information content (AvgIpc) is 2.20. The molecule has 4 nitrogen and oxygen atoms in total. The second-order valence-corrected chi connectivity index (χ2v) is 2.68. The lowest BCUT2D eigenvalue weighted by atomic mass is 10.2. The standard InChI is InChI=1S/C9H9N4/c1-13-5-2-8(6-12-13)9-7-10-3-4-11-9/h2-7H,1H3/q+1. The SMILES string of the molecule is C[n+]1ccc(-c2cnccn2)cn1. The van der Waals surface area contributed by atoms with Crippen molar-refractivity contribution >= 4 is 0 Å². The van der Waals surface area contributed by atoms with Gasteiger partial charge in [-0.15, -0.1) is 0 Å². The van der Waals surface area contributed by atoms with E-state index in [0.29, 0.717) is 0 Å². The van der Waals surface area contributed by atoms with E-state index in [1.54, 1.807) is 29.5 Å². The molecule has 2 heterocycles. The number of aromatic nitrogens is 4. The van der Waals surface area contributed by atoms with Gasteiger partial charge in [0, 0.05) is 24.0 Å². The van der Waals surface area contributed by atoms with Crippen LogP contribution in [0, 0.1) is 0 Å². The van der Waals surface area contributed by atoms with Crippen LogP contribution in [-0.2, 0) is 7.05 Å². The number of aryl methyl sites for hydroxylation is 1. The fraction of sp³-hybridized carbons (Fsp3) is 0.111. The molecule has 0 fully saturated rings. The van der Waals surface area contributed by atoms with Gasteiger partial charge in [-0.2, -0.15) is 0 Å². The number of rotatable bonds is 1. The fourth-order valence-corrected chi connectivity index (χ4v) is 1.02. The molecule has 0 aliphatic carbocycles. The van der Waals surface area contributed by atoms with Crippen LogP contribution in [0.3, 0.4) is 0 Å². The highest BCUT2D eigenvalue weighted by Gasteiger charge is 2.00. The first kappa shape index (κ1) is 7.79. The third kappa shape index (κ3) is 1.66. The van der Waals surface area contributed by atoms with Gasteiger partial charge in [0.2, 0.25) is 0 Å². The Bertz CT molecular complexity index is 382. The Hall–Kier alpha value is -1.84. The van der Waals surface area contributed by atoms with E-state index in [1.807, 2.05) is 19.3 Å². The molecule has 0 aromatic carbocycles. The van der Waals surface area contributed by atoms with Crippen molar-refractivity contribution in [3.63, 3.8) is 0 Å². The lowest BCUT2D eigenvalue weighted by Gasteiger charge is -1.95. The molecule has 0 radical (unpaired) electrons. The molecular formula is C9H9N4+. The second kappa shape index (κ2) is 3.26. The second-order valence-electron chi connectivity index (χ2n) is 2.68. The third-order valence-electron chi connectivity index (χ3n) is 1.71. The number of nitrogens with zero attached hydrogens (tertiary/aromatic N) is 4. The molecule has 0 bridgehead atoms. The Balaban J connectivity index is 2.42. The molecule has 64 valence electrons. The summed E-state index contributed by atoms with van der Waals surface area (Å²) in [4.78, 5) is 8.15. The summed E-state index contributed by atoms with van der Waals surface area (Å²) < 4.78 is 1.74. The molecule has 2 aromatic heterocycles. The van der Waals surface area contributed by atoms with E-state index >= 15 is 0 Å². The molecule has 0 spiro atoms. The molecule has 0 unspecified atom stereocenters. The van der Waals surface area contributed by atoms with Crippen LogP contribution in [0.4, 0.5) is 0 Å². The summed E-state index contributed by atoms with van der Waals surface area (Å²) >= 11 is 0. The predicted octanol–water partition coefficient (Wildman–Crippen LogP) is 0.363. The molecule has 2 rings (SSSR count). The summed E-state index contributed by atoms with van der Waals surface area (Å²) in [5.41, 5.74) is 1.82. The largest absolute Gasteiger partial charge is 0.261 e. The van der Waals surface area contributed by atoms with Gasteiger partial charge in [-0.05, 0) is 5.10 Å². The highest BCUT2D eigenvalue weighted by atomic mass is 15.2. The van der Waals surface area contributed by atoms with Crippen molar-refractivity contribution in [2.75, 3.05) is 0 Å². The first-order valence-corrected chi connectivity index (χ1v) is 3.94. The first-order valence-electron chi connectivity index (χ1n) is 3.94. The predicted molar refractivity (Wildman–Crippen MR) is 46.4 cm³/mol. The van der Waals surface area contributed by atoms with Crippen LogP contribution in [0.1, 0.15) is 0 Å². The monoisotopic (exact) mass is 173 g/mol. The zero-order chi connectivity index (χ0) is 9.10. The van der Waals surface area contributed by atoms with Gasteiger partial charge in [-0.25, -0.2) is 0 Å². The van der Waals surface area contributed by atoms with Gasteiger partial charge >= 0.3 is 0 Å². The molecule has 0 amide bonds. The minimum Gasteiger partial charge on any atom is -0.261 e. The Labute approximate surface area is 75.9 Å². The highest BCUT2D eigenvalue weighted by Crippen LogP contribution is 2.10. The summed E-state index contributed by atoms with van der Waals surface area (Å²) in [7, 11) is 1.88. The third-order valence-corrected chi connectivity index (χ3v) is 1.71. The maximum absolute atomic E-state index is 4.17. The molecule has 0 saturated carbocycles. The lowest BCUT2D eigenvalue weighted by molar-refractivity contribution is -0.730. The molecule has 13 heavy (non-hydrogen) atoms. The van der Waals surface area contributed by atoms with Gasteiger partial charge in [0.15, 0.2) is 13.2 Å². The number of hydrogen-bond donors (Lipinski definition) is 0. The van der Waals surface area contributed by atoms with Crippen molar-refractivity contribution in [3.8, 4) is 11.3 Å². The van der Waals surface area contributed by atoms with Crippen molar-refractivity contribution < 1.29 is 4.68 Å². The van der Waals surface area contributed by atoms with Crippen LogP contribution in [0.15, 0.2) is 37.1 Å². The van der Waals surface area contributed by atoms with Gasteiger partial charge < -0.3 is 0 Å². The summed E-state index contributed by atoms with van der Waals surface area (Å²) in [6.07, 6.45) is 8.69. The van der Waals surface area contributed by atoms with E-state index in [9.17, 15) is 0 Å². The summed E-state index contributed by atoms with van der Waals surface area (Å²) in [5, 5.41) is 4.10. The maximum atomic E-state index is 4.17. The normalized spacial score (nSPS) is 9.92. The highest BCUT2D eigenvalue weighted by molar-refractivity contribution is 5.54. The van der Waals surface area contributed by atoms with Crippen LogP contribution in [0.2, 0.25) is 0 Å². The van der Waals surface area contributed by atoms with Crippen molar-refractivity contribution in [3.05, 3.63) is 37.1 Å². The topological polar surface area (TPSA) is 42.5 Å². The van der Waals surface area contributed by atoms with Gasteiger partial charge in [-0.3, -0.25) is 9.97 Å². The Morgan fingerprint density at radius 3 is 2.77 bits per heavy atom. The van der Waals surface area contributed by atoms with Gasteiger partial charge in [0.25, 0.3) is 0 Å². The van der Waals surface area contributed by atoms with E-state index in [4.69, 9.17) is 0 Å². The van der Waals surface area contributed by atoms with Gasteiger partial charge in [0.1, 0.15) is 6.20 Å². The van der Waals surface area contributed by atoms with E-state index < -0.39 is 0 Å². The molecule has 0 N–H and O–H groups in total. The molecule has 4 heteroatoms. The molecule has 0 aliphatic heterocycles. The van der Waals surface area contributed by atoms with Crippen LogP contribution >= 0.6 is 0 Å².